The largest absolute Gasteiger partial charge is 0.472 e. The van der Waals surface area contributed by atoms with Gasteiger partial charge < -0.3 is 20.1 Å². The molecule has 0 aromatic heterocycles. The van der Waals surface area contributed by atoms with Gasteiger partial charge in [-0.2, -0.15) is 0 Å². The number of nitrogens with two attached hydrogens (primary N) is 1. The van der Waals surface area contributed by atoms with E-state index in [2.05, 4.69) is 38.2 Å². The third-order valence-electron chi connectivity index (χ3n) is 12.4. The Morgan fingerprint density at radius 3 is 1.22 bits per heavy atom. The van der Waals surface area contributed by atoms with Crippen molar-refractivity contribution in [3.8, 4) is 0 Å². The Morgan fingerprint density at radius 2 is 0.828 bits per heavy atom. The molecule has 0 saturated heterocycles. The van der Waals surface area contributed by atoms with Gasteiger partial charge in [0.2, 0.25) is 0 Å². The number of carbonyl (C=O) groups is 1. The van der Waals surface area contributed by atoms with Crippen LogP contribution in [0.15, 0.2) is 24.3 Å². The first-order valence-electron chi connectivity index (χ1n) is 27.8. The first-order chi connectivity index (χ1) is 31.4. The SMILES string of the molecule is CCCCCCC/C=C\C/C=C\CCCCCCCCCCCC(=O)OC(COCCCCCCCCCCCCCCCCCCCCCCCCCC)COP(=O)(O)OCCN. The van der Waals surface area contributed by atoms with Gasteiger partial charge in [-0.3, -0.25) is 13.8 Å². The number of rotatable bonds is 54. The molecule has 0 aliphatic rings. The monoisotopic (exact) mass is 926 g/mol. The van der Waals surface area contributed by atoms with Gasteiger partial charge in [0.25, 0.3) is 0 Å². The summed E-state index contributed by atoms with van der Waals surface area (Å²) in [4.78, 5) is 22.6. The van der Waals surface area contributed by atoms with E-state index in [1.54, 1.807) is 0 Å². The van der Waals surface area contributed by atoms with Crippen LogP contribution in [-0.2, 0) is 27.9 Å². The molecule has 0 rings (SSSR count). The summed E-state index contributed by atoms with van der Waals surface area (Å²) in [5.41, 5.74) is 5.40. The van der Waals surface area contributed by atoms with E-state index in [4.69, 9.17) is 24.3 Å². The first kappa shape index (κ1) is 63.0. The molecule has 380 valence electrons. The van der Waals surface area contributed by atoms with Gasteiger partial charge in [-0.1, -0.05) is 256 Å². The highest BCUT2D eigenvalue weighted by Gasteiger charge is 2.25. The molecule has 0 amide bonds. The quantitative estimate of drug-likeness (QED) is 0.0268. The van der Waals surface area contributed by atoms with E-state index in [9.17, 15) is 14.3 Å². The van der Waals surface area contributed by atoms with E-state index in [-0.39, 0.29) is 32.3 Å². The lowest BCUT2D eigenvalue weighted by atomic mass is 10.0. The van der Waals surface area contributed by atoms with Crippen molar-refractivity contribution in [2.24, 2.45) is 5.73 Å². The van der Waals surface area contributed by atoms with Gasteiger partial charge in [0.1, 0.15) is 6.10 Å². The zero-order valence-electron chi connectivity index (χ0n) is 42.5. The van der Waals surface area contributed by atoms with Crippen LogP contribution in [0.4, 0.5) is 0 Å². The Hall–Kier alpha value is -1.02. The number of esters is 1. The van der Waals surface area contributed by atoms with Gasteiger partial charge in [-0.15, -0.1) is 0 Å². The standard InChI is InChI=1S/C55H108NO7P/c1-3-5-7-9-11-13-15-17-19-21-23-25-26-27-29-31-33-35-37-39-41-43-45-47-50-60-52-54(53-62-64(58,59)61-51-49-56)63-55(57)48-46-44-42-40-38-36-34-32-30-28-24-22-20-18-16-14-12-10-8-6-4-2/h16,18,22,24,54H,3-15,17,19-21,23,25-53,56H2,1-2H3,(H,58,59)/b18-16-,24-22-. The van der Waals surface area contributed by atoms with Gasteiger partial charge in [0.15, 0.2) is 0 Å². The maximum absolute atomic E-state index is 12.7. The number of ether oxygens (including phenoxy) is 2. The molecule has 0 spiro atoms. The molecule has 0 aliphatic heterocycles. The Bertz CT molecular complexity index is 1040. The number of allylic oxidation sites excluding steroid dienone is 4. The Morgan fingerprint density at radius 1 is 0.469 bits per heavy atom. The predicted molar refractivity (Wildman–Crippen MR) is 275 cm³/mol. The van der Waals surface area contributed by atoms with E-state index in [0.29, 0.717) is 13.0 Å². The topological polar surface area (TPSA) is 117 Å². The fourth-order valence-corrected chi connectivity index (χ4v) is 9.03. The molecule has 0 radical (unpaired) electrons. The van der Waals surface area contributed by atoms with Crippen molar-refractivity contribution in [3.63, 3.8) is 0 Å². The number of phosphoric acid groups is 1. The molecule has 8 nitrogen and oxygen atoms in total. The minimum absolute atomic E-state index is 0.0937. The number of hydrogen-bond acceptors (Lipinski definition) is 7. The zero-order chi connectivity index (χ0) is 46.5. The van der Waals surface area contributed by atoms with Crippen LogP contribution in [0.2, 0.25) is 0 Å². The maximum atomic E-state index is 12.7. The van der Waals surface area contributed by atoms with Gasteiger partial charge in [0.05, 0.1) is 19.8 Å². The summed E-state index contributed by atoms with van der Waals surface area (Å²) in [5, 5.41) is 0. The number of carbonyl (C=O) groups excluding carboxylic acids is 1. The van der Waals surface area contributed by atoms with Crippen molar-refractivity contribution < 1.29 is 32.8 Å². The third kappa shape index (κ3) is 52.0. The van der Waals surface area contributed by atoms with Crippen LogP contribution in [0.25, 0.3) is 0 Å². The summed E-state index contributed by atoms with van der Waals surface area (Å²) in [6, 6.07) is 0. The molecule has 0 aromatic carbocycles. The molecule has 0 aromatic rings. The van der Waals surface area contributed by atoms with Crippen molar-refractivity contribution in [2.45, 2.75) is 290 Å². The van der Waals surface area contributed by atoms with Crippen LogP contribution in [0.1, 0.15) is 284 Å². The van der Waals surface area contributed by atoms with E-state index < -0.39 is 13.9 Å². The molecular weight excluding hydrogens is 818 g/mol. The molecule has 0 aliphatic carbocycles. The van der Waals surface area contributed by atoms with E-state index in [1.807, 2.05) is 0 Å². The smallest absolute Gasteiger partial charge is 0.457 e. The second-order valence-corrected chi connectivity index (χ2v) is 20.3. The minimum Gasteiger partial charge on any atom is -0.457 e. The predicted octanol–water partition coefficient (Wildman–Crippen LogP) is 17.5. The molecule has 9 heteroatoms. The van der Waals surface area contributed by atoms with Gasteiger partial charge in [-0.25, -0.2) is 4.57 Å². The molecule has 3 N–H and O–H groups in total. The summed E-state index contributed by atoms with van der Waals surface area (Å²) in [5.74, 6) is -0.328. The fourth-order valence-electron chi connectivity index (χ4n) is 8.27. The zero-order valence-corrected chi connectivity index (χ0v) is 43.4. The van der Waals surface area contributed by atoms with Crippen molar-refractivity contribution in [3.05, 3.63) is 24.3 Å². The molecular formula is C55H108NO7P. The highest BCUT2D eigenvalue weighted by atomic mass is 31.2. The van der Waals surface area contributed by atoms with Crippen LogP contribution in [0, 0.1) is 0 Å². The average Bonchev–Trinajstić information content (AvgIpc) is 3.29. The second kappa shape index (κ2) is 52.9. The first-order valence-corrected chi connectivity index (χ1v) is 29.3. The van der Waals surface area contributed by atoms with Crippen LogP contribution < -0.4 is 5.73 Å². The van der Waals surface area contributed by atoms with Crippen LogP contribution in [0.3, 0.4) is 0 Å². The van der Waals surface area contributed by atoms with Gasteiger partial charge in [0, 0.05) is 19.6 Å². The molecule has 0 heterocycles. The van der Waals surface area contributed by atoms with Crippen LogP contribution in [0.5, 0.6) is 0 Å². The van der Waals surface area contributed by atoms with E-state index >= 15 is 0 Å². The van der Waals surface area contributed by atoms with Gasteiger partial charge in [-0.05, 0) is 44.9 Å². The average molecular weight is 926 g/mol. The lowest BCUT2D eigenvalue weighted by Crippen LogP contribution is -2.28. The van der Waals surface area contributed by atoms with E-state index in [1.165, 1.54) is 225 Å². The normalized spacial score (nSPS) is 13.4. The Balaban J connectivity index is 3.87. The maximum Gasteiger partial charge on any atom is 0.472 e. The highest BCUT2D eigenvalue weighted by Crippen LogP contribution is 2.43. The van der Waals surface area contributed by atoms with Crippen LogP contribution in [-0.4, -0.2) is 49.9 Å². The highest BCUT2D eigenvalue weighted by molar-refractivity contribution is 7.47. The summed E-state index contributed by atoms with van der Waals surface area (Å²) >= 11 is 0. The van der Waals surface area contributed by atoms with Crippen molar-refractivity contribution >= 4 is 13.8 Å². The Labute approximate surface area is 397 Å². The Kier molecular flexibility index (Phi) is 52.1. The molecule has 0 bridgehead atoms. The van der Waals surface area contributed by atoms with Gasteiger partial charge >= 0.3 is 13.8 Å². The van der Waals surface area contributed by atoms with Crippen LogP contribution >= 0.6 is 7.82 Å². The van der Waals surface area contributed by atoms with E-state index in [0.717, 1.165) is 38.5 Å². The number of unbranched alkanes of at least 4 members (excludes halogenated alkanes) is 37. The third-order valence-corrected chi connectivity index (χ3v) is 13.4. The molecule has 2 unspecified atom stereocenters. The van der Waals surface area contributed by atoms with Crippen molar-refractivity contribution in [2.75, 3.05) is 33.0 Å². The number of phosphoric ester groups is 1. The van der Waals surface area contributed by atoms with Crippen molar-refractivity contribution in [1.82, 2.24) is 0 Å². The molecule has 0 saturated carbocycles. The molecule has 64 heavy (non-hydrogen) atoms. The summed E-state index contributed by atoms with van der Waals surface area (Å²) in [6.45, 7) is 4.98. The lowest BCUT2D eigenvalue weighted by Gasteiger charge is -2.20. The summed E-state index contributed by atoms with van der Waals surface area (Å²) < 4.78 is 33.7. The molecule has 2 atom stereocenters. The fraction of sp³-hybridized carbons (Fsp3) is 0.909. The minimum atomic E-state index is -4.28. The summed E-state index contributed by atoms with van der Waals surface area (Å²) in [6.07, 6.45) is 62.2. The number of hydrogen-bond donors (Lipinski definition) is 2. The second-order valence-electron chi connectivity index (χ2n) is 18.8. The lowest BCUT2D eigenvalue weighted by molar-refractivity contribution is -0.154. The summed E-state index contributed by atoms with van der Waals surface area (Å²) in [7, 11) is -4.28. The molecule has 0 fully saturated rings. The van der Waals surface area contributed by atoms with Crippen molar-refractivity contribution in [1.29, 1.82) is 0 Å².